The minimum Gasteiger partial charge on any atom is -0.327 e. The maximum atomic E-state index is 6.16. The van der Waals surface area contributed by atoms with Gasteiger partial charge in [0.2, 0.25) is 0 Å². The van der Waals surface area contributed by atoms with Crippen molar-refractivity contribution in [2.45, 2.75) is 45.2 Å². The molecule has 0 aromatic carbocycles. The topological polar surface area (TPSA) is 29.3 Å². The first-order chi connectivity index (χ1) is 6.18. The van der Waals surface area contributed by atoms with E-state index >= 15 is 0 Å². The van der Waals surface area contributed by atoms with Gasteiger partial charge in [0, 0.05) is 25.2 Å². The van der Waals surface area contributed by atoms with Crippen LogP contribution in [0.2, 0.25) is 0 Å². The third-order valence-electron chi connectivity index (χ3n) is 3.91. The van der Waals surface area contributed by atoms with Gasteiger partial charge in [-0.3, -0.25) is 0 Å². The average molecular weight is 182 g/mol. The summed E-state index contributed by atoms with van der Waals surface area (Å²) in [6.07, 6.45) is 4.03. The van der Waals surface area contributed by atoms with E-state index in [-0.39, 0.29) is 0 Å². The Morgan fingerprint density at radius 2 is 2.00 bits per heavy atom. The van der Waals surface area contributed by atoms with Gasteiger partial charge in [-0.25, -0.2) is 0 Å². The van der Waals surface area contributed by atoms with Crippen LogP contribution in [0.5, 0.6) is 0 Å². The number of rotatable bonds is 1. The molecule has 2 aliphatic rings. The van der Waals surface area contributed by atoms with E-state index in [4.69, 9.17) is 5.73 Å². The zero-order chi connectivity index (χ0) is 9.42. The third kappa shape index (κ3) is 1.75. The van der Waals surface area contributed by atoms with Crippen LogP contribution in [0.15, 0.2) is 0 Å². The Morgan fingerprint density at radius 1 is 1.23 bits per heavy atom. The number of hydrogen-bond acceptors (Lipinski definition) is 2. The summed E-state index contributed by atoms with van der Waals surface area (Å²) in [5.41, 5.74) is 6.16. The molecule has 2 heteroatoms. The standard InChI is InChI=1S/C11H22N2/c1-8(2)13-6-9-4-3-5-11(12)10(9)7-13/h8-11H,3-7,12H2,1-2H3. The maximum Gasteiger partial charge on any atom is 0.00825 e. The normalized spacial score (nSPS) is 41.1. The third-order valence-corrected chi connectivity index (χ3v) is 3.91. The van der Waals surface area contributed by atoms with Crippen molar-refractivity contribution >= 4 is 0 Å². The predicted molar refractivity (Wildman–Crippen MR) is 55.5 cm³/mol. The van der Waals surface area contributed by atoms with Gasteiger partial charge >= 0.3 is 0 Å². The molecule has 0 radical (unpaired) electrons. The van der Waals surface area contributed by atoms with Crippen LogP contribution in [0.4, 0.5) is 0 Å². The summed E-state index contributed by atoms with van der Waals surface area (Å²) in [6.45, 7) is 7.14. The summed E-state index contributed by atoms with van der Waals surface area (Å²) in [5, 5.41) is 0. The highest BCUT2D eigenvalue weighted by Crippen LogP contribution is 2.36. The number of nitrogens with two attached hydrogens (primary N) is 1. The van der Waals surface area contributed by atoms with E-state index in [9.17, 15) is 0 Å². The maximum absolute atomic E-state index is 6.16. The zero-order valence-electron chi connectivity index (χ0n) is 8.87. The lowest BCUT2D eigenvalue weighted by Gasteiger charge is -2.30. The Labute approximate surface area is 81.5 Å². The van der Waals surface area contributed by atoms with Gasteiger partial charge in [0.1, 0.15) is 0 Å². The molecule has 13 heavy (non-hydrogen) atoms. The second-order valence-corrected chi connectivity index (χ2v) is 5.07. The van der Waals surface area contributed by atoms with Crippen LogP contribution < -0.4 is 5.73 Å². The molecule has 1 heterocycles. The quantitative estimate of drug-likeness (QED) is 0.665. The molecule has 2 nitrogen and oxygen atoms in total. The molecule has 0 bridgehead atoms. The number of nitrogens with zero attached hydrogens (tertiary/aromatic N) is 1. The molecule has 0 amide bonds. The molecule has 76 valence electrons. The van der Waals surface area contributed by atoms with Crippen molar-refractivity contribution in [3.63, 3.8) is 0 Å². The molecule has 0 spiro atoms. The molecule has 2 N–H and O–H groups in total. The zero-order valence-corrected chi connectivity index (χ0v) is 8.87. The van der Waals surface area contributed by atoms with Gasteiger partial charge in [0.15, 0.2) is 0 Å². The van der Waals surface area contributed by atoms with Crippen molar-refractivity contribution in [1.82, 2.24) is 4.90 Å². The van der Waals surface area contributed by atoms with Crippen molar-refractivity contribution in [3.8, 4) is 0 Å². The lowest BCUT2D eigenvalue weighted by atomic mass is 9.78. The number of likely N-dealkylation sites (tertiary alicyclic amines) is 1. The van der Waals surface area contributed by atoms with Gasteiger partial charge in [0.25, 0.3) is 0 Å². The smallest absolute Gasteiger partial charge is 0.00825 e. The van der Waals surface area contributed by atoms with Gasteiger partial charge < -0.3 is 10.6 Å². The van der Waals surface area contributed by atoms with E-state index in [2.05, 4.69) is 18.7 Å². The lowest BCUT2D eigenvalue weighted by molar-refractivity contribution is 0.253. The van der Waals surface area contributed by atoms with E-state index in [0.717, 1.165) is 11.8 Å². The monoisotopic (exact) mass is 182 g/mol. The molecule has 3 atom stereocenters. The van der Waals surface area contributed by atoms with E-state index in [1.807, 2.05) is 0 Å². The summed E-state index contributed by atoms with van der Waals surface area (Å²) < 4.78 is 0. The molecule has 1 aliphatic heterocycles. The Bertz CT molecular complexity index is 179. The van der Waals surface area contributed by atoms with Crippen LogP contribution in [0.25, 0.3) is 0 Å². The lowest BCUT2D eigenvalue weighted by Crippen LogP contribution is -2.38. The van der Waals surface area contributed by atoms with Gasteiger partial charge in [-0.15, -0.1) is 0 Å². The average Bonchev–Trinajstić information content (AvgIpc) is 2.49. The van der Waals surface area contributed by atoms with Crippen molar-refractivity contribution in [2.75, 3.05) is 13.1 Å². The molecule has 2 rings (SSSR count). The summed E-state index contributed by atoms with van der Waals surface area (Å²) in [6, 6.07) is 1.19. The number of fused-ring (bicyclic) bond motifs is 1. The van der Waals surface area contributed by atoms with Crippen LogP contribution in [-0.4, -0.2) is 30.1 Å². The van der Waals surface area contributed by atoms with Crippen molar-refractivity contribution in [2.24, 2.45) is 17.6 Å². The fourth-order valence-corrected chi connectivity index (χ4v) is 2.97. The van der Waals surface area contributed by atoms with E-state index < -0.39 is 0 Å². The molecule has 1 aliphatic carbocycles. The highest BCUT2D eigenvalue weighted by molar-refractivity contribution is 4.93. The molecule has 1 saturated heterocycles. The Kier molecular flexibility index (Phi) is 2.61. The van der Waals surface area contributed by atoms with Crippen LogP contribution in [0, 0.1) is 11.8 Å². The largest absolute Gasteiger partial charge is 0.327 e. The summed E-state index contributed by atoms with van der Waals surface area (Å²) in [5.74, 6) is 1.71. The first-order valence-corrected chi connectivity index (χ1v) is 5.68. The van der Waals surface area contributed by atoms with Crippen molar-refractivity contribution in [1.29, 1.82) is 0 Å². The van der Waals surface area contributed by atoms with Crippen LogP contribution in [-0.2, 0) is 0 Å². The highest BCUT2D eigenvalue weighted by Gasteiger charge is 2.39. The van der Waals surface area contributed by atoms with E-state index in [1.54, 1.807) is 0 Å². The Morgan fingerprint density at radius 3 is 2.62 bits per heavy atom. The summed E-state index contributed by atoms with van der Waals surface area (Å²) in [7, 11) is 0. The van der Waals surface area contributed by atoms with Gasteiger partial charge in [0.05, 0.1) is 0 Å². The van der Waals surface area contributed by atoms with Gasteiger partial charge in [-0.2, -0.15) is 0 Å². The number of hydrogen-bond donors (Lipinski definition) is 1. The Balaban J connectivity index is 2.00. The van der Waals surface area contributed by atoms with Gasteiger partial charge in [-0.1, -0.05) is 6.42 Å². The molecular weight excluding hydrogens is 160 g/mol. The minimum absolute atomic E-state index is 0.488. The molecule has 3 unspecified atom stereocenters. The fraction of sp³-hybridized carbons (Fsp3) is 1.00. The summed E-state index contributed by atoms with van der Waals surface area (Å²) >= 11 is 0. The van der Waals surface area contributed by atoms with Gasteiger partial charge in [-0.05, 0) is 38.5 Å². The second kappa shape index (κ2) is 3.58. The van der Waals surface area contributed by atoms with Crippen LogP contribution >= 0.6 is 0 Å². The molecule has 1 saturated carbocycles. The Hall–Kier alpha value is -0.0800. The van der Waals surface area contributed by atoms with Crippen molar-refractivity contribution in [3.05, 3.63) is 0 Å². The van der Waals surface area contributed by atoms with Crippen LogP contribution in [0.1, 0.15) is 33.1 Å². The van der Waals surface area contributed by atoms with Crippen molar-refractivity contribution < 1.29 is 0 Å². The first-order valence-electron chi connectivity index (χ1n) is 5.68. The minimum atomic E-state index is 0.488. The highest BCUT2D eigenvalue weighted by atomic mass is 15.2. The van der Waals surface area contributed by atoms with E-state index in [1.165, 1.54) is 32.4 Å². The summed E-state index contributed by atoms with van der Waals surface area (Å²) in [4.78, 5) is 2.60. The first kappa shape index (κ1) is 9.47. The van der Waals surface area contributed by atoms with Crippen LogP contribution in [0.3, 0.4) is 0 Å². The predicted octanol–water partition coefficient (Wildman–Crippen LogP) is 1.45. The molecule has 0 aromatic heterocycles. The molecule has 0 aromatic rings. The second-order valence-electron chi connectivity index (χ2n) is 5.07. The molecular formula is C11H22N2. The fourth-order valence-electron chi connectivity index (χ4n) is 2.97. The van der Waals surface area contributed by atoms with E-state index in [0.29, 0.717) is 12.1 Å². The molecule has 2 fully saturated rings. The SMILES string of the molecule is CC(C)N1CC2CCCC(N)C2C1.